The summed E-state index contributed by atoms with van der Waals surface area (Å²) >= 11 is 2.29. The largest absolute Gasteiger partial charge is 0.507 e. The topological polar surface area (TPSA) is 41.5 Å². The molecule has 0 amide bonds. The van der Waals surface area contributed by atoms with Crippen LogP contribution in [0.3, 0.4) is 0 Å². The fraction of sp³-hybridized carbons (Fsp3) is 0.200. The van der Waals surface area contributed by atoms with E-state index in [-0.39, 0.29) is 5.75 Å². The number of aromatic hydroxyl groups is 1. The minimum absolute atomic E-state index is 0.245. The van der Waals surface area contributed by atoms with E-state index in [4.69, 9.17) is 4.74 Å². The van der Waals surface area contributed by atoms with E-state index in [1.54, 1.807) is 13.2 Å². The van der Waals surface area contributed by atoms with Gasteiger partial charge in [-0.05, 0) is 65.4 Å². The van der Waals surface area contributed by atoms with Crippen molar-refractivity contribution >= 4 is 28.3 Å². The van der Waals surface area contributed by atoms with E-state index < -0.39 is 0 Å². The molecule has 0 aromatic heterocycles. The van der Waals surface area contributed by atoms with Gasteiger partial charge in [0, 0.05) is 27.4 Å². The molecule has 0 aliphatic heterocycles. The Morgan fingerprint density at radius 1 is 1.21 bits per heavy atom. The van der Waals surface area contributed by atoms with Crippen LogP contribution in [0.25, 0.3) is 0 Å². The molecule has 0 saturated carbocycles. The maximum Gasteiger partial charge on any atom is 0.124 e. The molecule has 0 radical (unpaired) electrons. The Kier molecular flexibility index (Phi) is 4.52. The zero-order valence-electron chi connectivity index (χ0n) is 10.9. The van der Waals surface area contributed by atoms with Crippen molar-refractivity contribution in [1.82, 2.24) is 0 Å². The second-order valence-corrected chi connectivity index (χ2v) is 5.55. The summed E-state index contributed by atoms with van der Waals surface area (Å²) in [6.07, 6.45) is 0. The smallest absolute Gasteiger partial charge is 0.124 e. The standard InChI is InChI=1S/C15H16INO2/c1-10-7-12(16)4-6-14(10)17-9-11-3-5-13(19-2)8-15(11)18/h3-8,17-18H,9H2,1-2H3. The number of hydrogen-bond acceptors (Lipinski definition) is 3. The Morgan fingerprint density at radius 3 is 2.63 bits per heavy atom. The van der Waals surface area contributed by atoms with Gasteiger partial charge in [-0.3, -0.25) is 0 Å². The van der Waals surface area contributed by atoms with Crippen molar-refractivity contribution < 1.29 is 9.84 Å². The van der Waals surface area contributed by atoms with Gasteiger partial charge in [0.1, 0.15) is 11.5 Å². The molecule has 0 aliphatic carbocycles. The molecule has 0 fully saturated rings. The second kappa shape index (κ2) is 6.14. The summed E-state index contributed by atoms with van der Waals surface area (Å²) in [7, 11) is 1.58. The second-order valence-electron chi connectivity index (χ2n) is 4.31. The molecule has 2 N–H and O–H groups in total. The van der Waals surface area contributed by atoms with Crippen LogP contribution in [-0.4, -0.2) is 12.2 Å². The number of ether oxygens (including phenoxy) is 1. The third-order valence-corrected chi connectivity index (χ3v) is 3.62. The summed E-state index contributed by atoms with van der Waals surface area (Å²) in [5.41, 5.74) is 3.12. The van der Waals surface area contributed by atoms with Crippen molar-refractivity contribution in [3.05, 3.63) is 51.1 Å². The fourth-order valence-electron chi connectivity index (χ4n) is 1.84. The lowest BCUT2D eigenvalue weighted by Crippen LogP contribution is -2.01. The number of phenolic OH excluding ortho intramolecular Hbond substituents is 1. The van der Waals surface area contributed by atoms with Crippen molar-refractivity contribution in [3.8, 4) is 11.5 Å². The molecule has 0 unspecified atom stereocenters. The van der Waals surface area contributed by atoms with Crippen molar-refractivity contribution in [3.63, 3.8) is 0 Å². The number of anilines is 1. The van der Waals surface area contributed by atoms with Crippen LogP contribution in [0.4, 0.5) is 5.69 Å². The van der Waals surface area contributed by atoms with Gasteiger partial charge in [-0.25, -0.2) is 0 Å². The molecule has 0 spiro atoms. The van der Waals surface area contributed by atoms with Gasteiger partial charge in [0.05, 0.1) is 7.11 Å². The first kappa shape index (κ1) is 14.0. The molecule has 0 heterocycles. The highest BCUT2D eigenvalue weighted by Crippen LogP contribution is 2.25. The van der Waals surface area contributed by atoms with Crippen LogP contribution < -0.4 is 10.1 Å². The number of rotatable bonds is 4. The molecule has 0 aliphatic rings. The minimum atomic E-state index is 0.245. The number of phenols is 1. The summed E-state index contributed by atoms with van der Waals surface area (Å²) in [5.74, 6) is 0.904. The number of methoxy groups -OCH3 is 1. The van der Waals surface area contributed by atoms with Crippen LogP contribution in [0.5, 0.6) is 11.5 Å². The highest BCUT2D eigenvalue weighted by atomic mass is 127. The van der Waals surface area contributed by atoms with Crippen molar-refractivity contribution in [2.75, 3.05) is 12.4 Å². The molecule has 19 heavy (non-hydrogen) atoms. The third-order valence-electron chi connectivity index (χ3n) is 2.95. The molecule has 0 bridgehead atoms. The zero-order chi connectivity index (χ0) is 13.8. The molecular weight excluding hydrogens is 353 g/mol. The lowest BCUT2D eigenvalue weighted by molar-refractivity contribution is 0.406. The van der Waals surface area contributed by atoms with Crippen LogP contribution in [-0.2, 0) is 6.54 Å². The first-order valence-electron chi connectivity index (χ1n) is 5.96. The number of halogens is 1. The first-order valence-corrected chi connectivity index (χ1v) is 7.04. The monoisotopic (exact) mass is 369 g/mol. The maximum absolute atomic E-state index is 9.89. The van der Waals surface area contributed by atoms with Gasteiger partial charge in [0.2, 0.25) is 0 Å². The summed E-state index contributed by atoms with van der Waals surface area (Å²) in [6.45, 7) is 2.65. The maximum atomic E-state index is 9.89. The van der Waals surface area contributed by atoms with Gasteiger partial charge in [-0.15, -0.1) is 0 Å². The average molecular weight is 369 g/mol. The van der Waals surface area contributed by atoms with E-state index in [1.165, 1.54) is 9.13 Å². The fourth-order valence-corrected chi connectivity index (χ4v) is 2.48. The Hall–Kier alpha value is -1.43. The van der Waals surface area contributed by atoms with E-state index >= 15 is 0 Å². The van der Waals surface area contributed by atoms with E-state index in [1.807, 2.05) is 12.1 Å². The van der Waals surface area contributed by atoms with Gasteiger partial charge >= 0.3 is 0 Å². The number of nitrogens with one attached hydrogen (secondary N) is 1. The van der Waals surface area contributed by atoms with E-state index in [9.17, 15) is 5.11 Å². The molecule has 2 rings (SSSR count). The third kappa shape index (κ3) is 3.53. The van der Waals surface area contributed by atoms with Gasteiger partial charge in [-0.1, -0.05) is 0 Å². The van der Waals surface area contributed by atoms with E-state index in [2.05, 4.69) is 53.0 Å². The molecule has 3 nitrogen and oxygen atoms in total. The minimum Gasteiger partial charge on any atom is -0.507 e. The molecule has 100 valence electrons. The van der Waals surface area contributed by atoms with Gasteiger partial charge in [0.25, 0.3) is 0 Å². The van der Waals surface area contributed by atoms with Gasteiger partial charge < -0.3 is 15.2 Å². The predicted molar refractivity (Wildman–Crippen MR) is 85.9 cm³/mol. The normalized spacial score (nSPS) is 10.3. The van der Waals surface area contributed by atoms with Crippen molar-refractivity contribution in [2.45, 2.75) is 13.5 Å². The molecular formula is C15H16INO2. The lowest BCUT2D eigenvalue weighted by atomic mass is 10.1. The van der Waals surface area contributed by atoms with Crippen LogP contribution in [0.1, 0.15) is 11.1 Å². The van der Waals surface area contributed by atoms with E-state index in [0.717, 1.165) is 11.3 Å². The number of hydrogen-bond donors (Lipinski definition) is 2. The molecule has 2 aromatic carbocycles. The average Bonchev–Trinajstić information content (AvgIpc) is 2.39. The Balaban J connectivity index is 2.10. The summed E-state index contributed by atoms with van der Waals surface area (Å²) < 4.78 is 6.28. The van der Waals surface area contributed by atoms with Crippen molar-refractivity contribution in [2.24, 2.45) is 0 Å². The van der Waals surface area contributed by atoms with Crippen LogP contribution >= 0.6 is 22.6 Å². The molecule has 4 heteroatoms. The van der Waals surface area contributed by atoms with Crippen LogP contribution in [0, 0.1) is 10.5 Å². The molecule has 0 saturated heterocycles. The first-order chi connectivity index (χ1) is 9.10. The summed E-state index contributed by atoms with van der Waals surface area (Å²) in [6, 6.07) is 11.6. The van der Waals surface area contributed by atoms with Crippen molar-refractivity contribution in [1.29, 1.82) is 0 Å². The number of aryl methyl sites for hydroxylation is 1. The molecule has 0 atom stereocenters. The Bertz CT molecular complexity index is 584. The van der Waals surface area contributed by atoms with Crippen LogP contribution in [0.15, 0.2) is 36.4 Å². The Morgan fingerprint density at radius 2 is 2.00 bits per heavy atom. The lowest BCUT2D eigenvalue weighted by Gasteiger charge is -2.11. The SMILES string of the molecule is COc1ccc(CNc2ccc(I)cc2C)c(O)c1. The van der Waals surface area contributed by atoms with E-state index in [0.29, 0.717) is 12.3 Å². The quantitative estimate of drug-likeness (QED) is 0.803. The highest BCUT2D eigenvalue weighted by molar-refractivity contribution is 14.1. The van der Waals surface area contributed by atoms with Gasteiger partial charge in [-0.2, -0.15) is 0 Å². The predicted octanol–water partition coefficient (Wildman–Crippen LogP) is 3.93. The van der Waals surface area contributed by atoms with Crippen LogP contribution in [0.2, 0.25) is 0 Å². The number of benzene rings is 2. The molecule has 2 aromatic rings. The Labute approximate surface area is 126 Å². The summed E-state index contributed by atoms with van der Waals surface area (Å²) in [5, 5.41) is 13.2. The zero-order valence-corrected chi connectivity index (χ0v) is 13.1. The summed E-state index contributed by atoms with van der Waals surface area (Å²) in [4.78, 5) is 0. The van der Waals surface area contributed by atoms with Gasteiger partial charge in [0.15, 0.2) is 0 Å². The highest BCUT2D eigenvalue weighted by Gasteiger charge is 2.04.